The summed E-state index contributed by atoms with van der Waals surface area (Å²) in [5.41, 5.74) is 1.27. The van der Waals surface area contributed by atoms with Crippen LogP contribution in [0.5, 0.6) is 5.75 Å². The standard InChI is InChI=1S/C13H20BrNOS/c1-10(17-3)6-7-15-9-11-4-5-13(16-2)12(14)8-11/h4-5,8,10,15H,6-7,9H2,1-3H3. The van der Waals surface area contributed by atoms with Crippen molar-refractivity contribution in [2.24, 2.45) is 0 Å². The highest BCUT2D eigenvalue weighted by atomic mass is 79.9. The Bertz CT molecular complexity index is 346. The summed E-state index contributed by atoms with van der Waals surface area (Å²) in [6, 6.07) is 6.18. The summed E-state index contributed by atoms with van der Waals surface area (Å²) in [4.78, 5) is 0. The third-order valence-electron chi connectivity index (χ3n) is 2.68. The second-order valence-electron chi connectivity index (χ2n) is 3.98. The third kappa shape index (κ3) is 5.32. The first-order valence-corrected chi connectivity index (χ1v) is 7.81. The van der Waals surface area contributed by atoms with Crippen molar-refractivity contribution < 1.29 is 4.74 Å². The van der Waals surface area contributed by atoms with Crippen LogP contribution in [-0.2, 0) is 6.54 Å². The molecule has 1 unspecified atom stereocenters. The minimum atomic E-state index is 0.727. The number of hydrogen-bond acceptors (Lipinski definition) is 3. The Balaban J connectivity index is 2.34. The van der Waals surface area contributed by atoms with Crippen molar-refractivity contribution in [3.05, 3.63) is 28.2 Å². The summed E-state index contributed by atoms with van der Waals surface area (Å²) in [6.45, 7) is 4.23. The minimum absolute atomic E-state index is 0.727. The average molecular weight is 318 g/mol. The zero-order chi connectivity index (χ0) is 12.7. The molecule has 0 heterocycles. The monoisotopic (exact) mass is 317 g/mol. The number of nitrogens with one attached hydrogen (secondary N) is 1. The second-order valence-corrected chi connectivity index (χ2v) is 6.11. The van der Waals surface area contributed by atoms with Gasteiger partial charge in [0.15, 0.2) is 0 Å². The van der Waals surface area contributed by atoms with E-state index in [1.54, 1.807) is 7.11 Å². The van der Waals surface area contributed by atoms with Crippen LogP contribution < -0.4 is 10.1 Å². The molecular formula is C13H20BrNOS. The molecule has 0 aliphatic heterocycles. The average Bonchev–Trinajstić information content (AvgIpc) is 2.34. The highest BCUT2D eigenvalue weighted by Gasteiger charge is 2.02. The van der Waals surface area contributed by atoms with E-state index in [-0.39, 0.29) is 0 Å². The SMILES string of the molecule is COc1ccc(CNCCC(C)SC)cc1Br. The van der Waals surface area contributed by atoms with Crippen molar-refractivity contribution in [1.82, 2.24) is 5.32 Å². The van der Waals surface area contributed by atoms with Gasteiger partial charge >= 0.3 is 0 Å². The van der Waals surface area contributed by atoms with Crippen LogP contribution in [0.15, 0.2) is 22.7 Å². The molecule has 0 fully saturated rings. The van der Waals surface area contributed by atoms with E-state index >= 15 is 0 Å². The smallest absolute Gasteiger partial charge is 0.133 e. The highest BCUT2D eigenvalue weighted by molar-refractivity contribution is 9.10. The van der Waals surface area contributed by atoms with Crippen LogP contribution in [0.4, 0.5) is 0 Å². The maximum atomic E-state index is 5.20. The molecule has 4 heteroatoms. The first-order chi connectivity index (χ1) is 8.17. The molecule has 1 aromatic carbocycles. The first kappa shape index (κ1) is 14.9. The lowest BCUT2D eigenvalue weighted by molar-refractivity contribution is 0.412. The summed E-state index contributed by atoms with van der Waals surface area (Å²) in [7, 11) is 1.68. The molecule has 0 aromatic heterocycles. The van der Waals surface area contributed by atoms with Gasteiger partial charge in [-0.05, 0) is 52.8 Å². The lowest BCUT2D eigenvalue weighted by atomic mass is 10.2. The lowest BCUT2D eigenvalue weighted by Crippen LogP contribution is -2.17. The molecule has 1 rings (SSSR count). The van der Waals surface area contributed by atoms with Crippen LogP contribution in [0, 0.1) is 0 Å². The molecular weight excluding hydrogens is 298 g/mol. The number of methoxy groups -OCH3 is 1. The first-order valence-electron chi connectivity index (χ1n) is 5.73. The number of halogens is 1. The molecule has 0 amide bonds. The molecule has 2 nitrogen and oxygen atoms in total. The quantitative estimate of drug-likeness (QED) is 0.775. The molecule has 1 aromatic rings. The largest absolute Gasteiger partial charge is 0.496 e. The van der Waals surface area contributed by atoms with E-state index in [4.69, 9.17) is 4.74 Å². The van der Waals surface area contributed by atoms with Gasteiger partial charge in [0.25, 0.3) is 0 Å². The molecule has 0 spiro atoms. The zero-order valence-corrected chi connectivity index (χ0v) is 13.0. The predicted octanol–water partition coefficient (Wildman–Crippen LogP) is 3.69. The molecule has 0 saturated carbocycles. The number of rotatable bonds is 7. The van der Waals surface area contributed by atoms with Gasteiger partial charge in [-0.3, -0.25) is 0 Å². The molecule has 0 aliphatic carbocycles. The second kappa shape index (κ2) is 8.01. The van der Waals surface area contributed by atoms with Crippen LogP contribution in [-0.4, -0.2) is 25.2 Å². The van der Waals surface area contributed by atoms with Gasteiger partial charge in [-0.25, -0.2) is 0 Å². The topological polar surface area (TPSA) is 21.3 Å². The normalized spacial score (nSPS) is 12.5. The van der Waals surface area contributed by atoms with E-state index < -0.39 is 0 Å². The van der Waals surface area contributed by atoms with Crippen LogP contribution in [0.2, 0.25) is 0 Å². The number of ether oxygens (including phenoxy) is 1. The fourth-order valence-corrected chi connectivity index (χ4v) is 2.42. The van der Waals surface area contributed by atoms with Gasteiger partial charge in [0.2, 0.25) is 0 Å². The Kier molecular flexibility index (Phi) is 7.00. The Morgan fingerprint density at radius 1 is 1.47 bits per heavy atom. The van der Waals surface area contributed by atoms with Gasteiger partial charge in [0.1, 0.15) is 5.75 Å². The Labute approximate surface area is 117 Å². The molecule has 0 bridgehead atoms. The zero-order valence-electron chi connectivity index (χ0n) is 10.6. The van der Waals surface area contributed by atoms with Crippen LogP contribution >= 0.6 is 27.7 Å². The van der Waals surface area contributed by atoms with Gasteiger partial charge in [0.05, 0.1) is 11.6 Å². The van der Waals surface area contributed by atoms with Crippen molar-refractivity contribution in [1.29, 1.82) is 0 Å². The lowest BCUT2D eigenvalue weighted by Gasteiger charge is -2.10. The van der Waals surface area contributed by atoms with Gasteiger partial charge in [-0.2, -0.15) is 11.8 Å². The predicted molar refractivity (Wildman–Crippen MR) is 80.0 cm³/mol. The van der Waals surface area contributed by atoms with Gasteiger partial charge in [0, 0.05) is 11.8 Å². The van der Waals surface area contributed by atoms with Gasteiger partial charge in [-0.15, -0.1) is 0 Å². The van der Waals surface area contributed by atoms with Crippen molar-refractivity contribution >= 4 is 27.7 Å². The third-order valence-corrected chi connectivity index (χ3v) is 4.34. The summed E-state index contributed by atoms with van der Waals surface area (Å²) in [5, 5.41) is 4.18. The van der Waals surface area contributed by atoms with Gasteiger partial charge in [-0.1, -0.05) is 13.0 Å². The molecule has 1 N–H and O–H groups in total. The van der Waals surface area contributed by atoms with E-state index in [1.807, 2.05) is 17.8 Å². The van der Waals surface area contributed by atoms with Gasteiger partial charge < -0.3 is 10.1 Å². The number of thioether (sulfide) groups is 1. The maximum absolute atomic E-state index is 5.20. The van der Waals surface area contributed by atoms with E-state index in [9.17, 15) is 0 Å². The Hall–Kier alpha value is -0.190. The van der Waals surface area contributed by atoms with E-state index in [0.717, 1.165) is 28.6 Å². The highest BCUT2D eigenvalue weighted by Crippen LogP contribution is 2.25. The molecule has 0 aliphatic rings. The summed E-state index contributed by atoms with van der Waals surface area (Å²) >= 11 is 5.41. The summed E-state index contributed by atoms with van der Waals surface area (Å²) in [6.07, 6.45) is 3.36. The van der Waals surface area contributed by atoms with Crippen molar-refractivity contribution in [3.8, 4) is 5.75 Å². The number of hydrogen-bond donors (Lipinski definition) is 1. The van der Waals surface area contributed by atoms with E-state index in [0.29, 0.717) is 0 Å². The van der Waals surface area contributed by atoms with Crippen molar-refractivity contribution in [3.63, 3.8) is 0 Å². The number of benzene rings is 1. The Morgan fingerprint density at radius 2 is 2.24 bits per heavy atom. The van der Waals surface area contributed by atoms with Crippen molar-refractivity contribution in [2.75, 3.05) is 19.9 Å². The van der Waals surface area contributed by atoms with Crippen molar-refractivity contribution in [2.45, 2.75) is 25.1 Å². The molecule has 0 saturated heterocycles. The summed E-state index contributed by atoms with van der Waals surface area (Å²) in [5.74, 6) is 0.879. The van der Waals surface area contributed by atoms with Crippen LogP contribution in [0.25, 0.3) is 0 Å². The fourth-order valence-electron chi connectivity index (χ4n) is 1.48. The molecule has 1 atom stereocenters. The van der Waals surface area contributed by atoms with Crippen LogP contribution in [0.3, 0.4) is 0 Å². The minimum Gasteiger partial charge on any atom is -0.496 e. The van der Waals surface area contributed by atoms with Crippen LogP contribution in [0.1, 0.15) is 18.9 Å². The van der Waals surface area contributed by atoms with E-state index in [2.05, 4.69) is 46.6 Å². The molecule has 0 radical (unpaired) electrons. The Morgan fingerprint density at radius 3 is 2.82 bits per heavy atom. The maximum Gasteiger partial charge on any atom is 0.133 e. The summed E-state index contributed by atoms with van der Waals surface area (Å²) < 4.78 is 6.21. The molecule has 17 heavy (non-hydrogen) atoms. The molecule has 96 valence electrons. The van der Waals surface area contributed by atoms with E-state index in [1.165, 1.54) is 12.0 Å². The fraction of sp³-hybridized carbons (Fsp3) is 0.538.